The largest absolute Gasteiger partial charge is 0.384 e. The van der Waals surface area contributed by atoms with Crippen LogP contribution >= 0.6 is 0 Å². The van der Waals surface area contributed by atoms with Crippen LogP contribution in [0.2, 0.25) is 0 Å². The number of carbonyl (C=O) groups excluding carboxylic acids is 1. The zero-order valence-corrected chi connectivity index (χ0v) is 19.5. The highest BCUT2D eigenvalue weighted by Crippen LogP contribution is 2.27. The average molecular weight is 454 g/mol. The van der Waals surface area contributed by atoms with Crippen molar-refractivity contribution in [1.29, 1.82) is 5.41 Å². The zero-order valence-electron chi connectivity index (χ0n) is 19.5. The number of nitrogens with zero attached hydrogens (tertiary/aromatic N) is 1. The number of carbonyl (C=O) groups is 1. The predicted molar refractivity (Wildman–Crippen MR) is 139 cm³/mol. The van der Waals surface area contributed by atoms with E-state index in [0.29, 0.717) is 23.8 Å². The maximum Gasteiger partial charge on any atom is 0.268 e. The molecule has 0 radical (unpaired) electrons. The van der Waals surface area contributed by atoms with Gasteiger partial charge in [-0.25, -0.2) is 0 Å². The molecule has 6 nitrogen and oxygen atoms in total. The number of hydrogen-bond acceptors (Lipinski definition) is 3. The van der Waals surface area contributed by atoms with Crippen LogP contribution in [-0.4, -0.2) is 35.4 Å². The summed E-state index contributed by atoms with van der Waals surface area (Å²) in [6.07, 6.45) is 4.11. The van der Waals surface area contributed by atoms with Crippen molar-refractivity contribution in [3.63, 3.8) is 0 Å². The molecule has 5 rings (SSSR count). The second-order valence-corrected chi connectivity index (χ2v) is 9.25. The molecule has 1 amide bonds. The fourth-order valence-electron chi connectivity index (χ4n) is 5.17. The van der Waals surface area contributed by atoms with Crippen molar-refractivity contribution in [1.82, 2.24) is 15.2 Å². The number of nitrogen functional groups attached to an aromatic ring is 1. The van der Waals surface area contributed by atoms with Gasteiger partial charge in [-0.2, -0.15) is 0 Å². The highest BCUT2D eigenvalue weighted by atomic mass is 16.2. The summed E-state index contributed by atoms with van der Waals surface area (Å²) in [5.74, 6) is -0.0270. The lowest BCUT2D eigenvalue weighted by Crippen LogP contribution is -2.41. The Bertz CT molecular complexity index is 1360. The van der Waals surface area contributed by atoms with E-state index in [2.05, 4.69) is 45.5 Å². The average Bonchev–Trinajstić information content (AvgIpc) is 3.22. The fourth-order valence-corrected chi connectivity index (χ4v) is 5.17. The molecule has 34 heavy (non-hydrogen) atoms. The molecule has 5 N–H and O–H groups in total. The number of amidine groups is 1. The van der Waals surface area contributed by atoms with Crippen molar-refractivity contribution in [2.75, 3.05) is 7.05 Å². The molecule has 1 heterocycles. The zero-order chi connectivity index (χ0) is 23.7. The van der Waals surface area contributed by atoms with Gasteiger partial charge in [-0.1, -0.05) is 54.6 Å². The van der Waals surface area contributed by atoms with Gasteiger partial charge in [-0.15, -0.1) is 0 Å². The van der Waals surface area contributed by atoms with Gasteiger partial charge in [0.25, 0.3) is 5.91 Å². The third kappa shape index (κ3) is 4.29. The molecule has 1 aliphatic rings. The molecule has 0 bridgehead atoms. The van der Waals surface area contributed by atoms with Crippen LogP contribution in [0, 0.1) is 5.41 Å². The van der Waals surface area contributed by atoms with Gasteiger partial charge >= 0.3 is 0 Å². The SMILES string of the molecule is CN[C@H]1CC[C@H](NC(=O)c2cc3ccc(C(=N)N)cc3n2Cc2cccc3ccccc23)CC1. The van der Waals surface area contributed by atoms with Crippen LogP contribution in [0.15, 0.2) is 66.7 Å². The lowest BCUT2D eigenvalue weighted by atomic mass is 9.91. The third-order valence-electron chi connectivity index (χ3n) is 7.13. The molecule has 3 aromatic carbocycles. The van der Waals surface area contributed by atoms with Gasteiger partial charge in [-0.3, -0.25) is 10.2 Å². The van der Waals surface area contributed by atoms with Gasteiger partial charge in [0, 0.05) is 35.1 Å². The topological polar surface area (TPSA) is 95.9 Å². The van der Waals surface area contributed by atoms with Gasteiger partial charge in [0.2, 0.25) is 0 Å². The first-order valence-electron chi connectivity index (χ1n) is 12.0. The van der Waals surface area contributed by atoms with Gasteiger partial charge in [-0.05, 0) is 61.2 Å². The summed E-state index contributed by atoms with van der Waals surface area (Å²) in [5, 5.41) is 17.8. The summed E-state index contributed by atoms with van der Waals surface area (Å²) in [7, 11) is 2.00. The Labute approximate surface area is 199 Å². The number of benzene rings is 3. The molecule has 0 aliphatic heterocycles. The van der Waals surface area contributed by atoms with Crippen LogP contribution in [0.4, 0.5) is 0 Å². The first kappa shape index (κ1) is 22.2. The van der Waals surface area contributed by atoms with Crippen molar-refractivity contribution in [3.8, 4) is 0 Å². The van der Waals surface area contributed by atoms with Crippen LogP contribution in [0.3, 0.4) is 0 Å². The summed E-state index contributed by atoms with van der Waals surface area (Å²) < 4.78 is 2.07. The summed E-state index contributed by atoms with van der Waals surface area (Å²) in [4.78, 5) is 13.5. The minimum Gasteiger partial charge on any atom is -0.384 e. The molecular weight excluding hydrogens is 422 g/mol. The molecule has 1 saturated carbocycles. The molecular formula is C28H31N5O. The number of nitrogens with one attached hydrogen (secondary N) is 3. The highest BCUT2D eigenvalue weighted by molar-refractivity contribution is 6.02. The maximum atomic E-state index is 13.5. The van der Waals surface area contributed by atoms with E-state index in [1.54, 1.807) is 0 Å². The summed E-state index contributed by atoms with van der Waals surface area (Å²) in [5.41, 5.74) is 9.13. The first-order chi connectivity index (χ1) is 16.5. The molecule has 1 aromatic heterocycles. The molecule has 0 spiro atoms. The van der Waals surface area contributed by atoms with Crippen molar-refractivity contribution in [2.24, 2.45) is 5.73 Å². The van der Waals surface area contributed by atoms with Crippen LogP contribution in [0.25, 0.3) is 21.7 Å². The number of rotatable bonds is 6. The number of nitrogens with two attached hydrogens (primary N) is 1. The van der Waals surface area contributed by atoms with Crippen LogP contribution < -0.4 is 16.4 Å². The number of fused-ring (bicyclic) bond motifs is 2. The minimum atomic E-state index is -0.0475. The van der Waals surface area contributed by atoms with E-state index >= 15 is 0 Å². The fraction of sp³-hybridized carbons (Fsp3) is 0.286. The molecule has 174 valence electrons. The van der Waals surface area contributed by atoms with Gasteiger partial charge in [0.1, 0.15) is 11.5 Å². The Morgan fingerprint density at radius 3 is 2.47 bits per heavy atom. The molecule has 1 aliphatic carbocycles. The smallest absolute Gasteiger partial charge is 0.268 e. The van der Waals surface area contributed by atoms with E-state index in [1.165, 1.54) is 10.8 Å². The molecule has 1 fully saturated rings. The number of aromatic nitrogens is 1. The quantitative estimate of drug-likeness (QED) is 0.258. The van der Waals surface area contributed by atoms with Gasteiger partial charge in [0.05, 0.1) is 0 Å². The van der Waals surface area contributed by atoms with E-state index in [1.807, 2.05) is 43.4 Å². The summed E-state index contributed by atoms with van der Waals surface area (Å²) in [6.45, 7) is 0.557. The Balaban J connectivity index is 1.54. The van der Waals surface area contributed by atoms with Crippen molar-refractivity contribution in [2.45, 2.75) is 44.3 Å². The second kappa shape index (κ2) is 9.31. The van der Waals surface area contributed by atoms with E-state index in [0.717, 1.165) is 42.1 Å². The van der Waals surface area contributed by atoms with Crippen molar-refractivity contribution >= 4 is 33.4 Å². The van der Waals surface area contributed by atoms with Crippen molar-refractivity contribution < 1.29 is 4.79 Å². The second-order valence-electron chi connectivity index (χ2n) is 9.25. The summed E-state index contributed by atoms with van der Waals surface area (Å²) >= 11 is 0. The maximum absolute atomic E-state index is 13.5. The van der Waals surface area contributed by atoms with Crippen LogP contribution in [-0.2, 0) is 6.54 Å². The number of hydrogen-bond donors (Lipinski definition) is 4. The lowest BCUT2D eigenvalue weighted by molar-refractivity contribution is 0.0916. The highest BCUT2D eigenvalue weighted by Gasteiger charge is 2.24. The van der Waals surface area contributed by atoms with E-state index in [4.69, 9.17) is 11.1 Å². The molecule has 0 saturated heterocycles. The standard InChI is InChI=1S/C28H31N5O/c1-31-22-11-13-23(14-12-22)32-28(34)26-15-19-9-10-20(27(29)30)16-25(19)33(26)17-21-7-4-6-18-5-2-3-8-24(18)21/h2-10,15-16,22-23,31H,11-14,17H2,1H3,(H3,29,30)(H,32,34)/t22-,23-. The van der Waals surface area contributed by atoms with Crippen LogP contribution in [0.1, 0.15) is 47.3 Å². The molecule has 4 aromatic rings. The Morgan fingerprint density at radius 2 is 1.71 bits per heavy atom. The minimum absolute atomic E-state index is 0.0205. The molecule has 0 atom stereocenters. The normalized spacial score (nSPS) is 18.3. The Kier molecular flexibility index (Phi) is 6.07. The monoisotopic (exact) mass is 453 g/mol. The van der Waals surface area contributed by atoms with Gasteiger partial charge < -0.3 is 20.9 Å². The van der Waals surface area contributed by atoms with Crippen molar-refractivity contribution in [3.05, 3.63) is 83.6 Å². The first-order valence-corrected chi connectivity index (χ1v) is 12.0. The number of amides is 1. The summed E-state index contributed by atoms with van der Waals surface area (Å²) in [6, 6.07) is 23.0. The lowest BCUT2D eigenvalue weighted by Gasteiger charge is -2.29. The van der Waals surface area contributed by atoms with E-state index in [9.17, 15) is 4.79 Å². The van der Waals surface area contributed by atoms with E-state index in [-0.39, 0.29) is 17.8 Å². The van der Waals surface area contributed by atoms with Crippen LogP contribution in [0.5, 0.6) is 0 Å². The third-order valence-corrected chi connectivity index (χ3v) is 7.13. The molecule has 0 unspecified atom stereocenters. The Morgan fingerprint density at radius 1 is 0.971 bits per heavy atom. The van der Waals surface area contributed by atoms with Gasteiger partial charge in [0.15, 0.2) is 0 Å². The molecule has 6 heteroatoms. The predicted octanol–water partition coefficient (Wildman–Crippen LogP) is 4.39. The van der Waals surface area contributed by atoms with E-state index < -0.39 is 0 Å². The Hall–Kier alpha value is -3.64.